The molecule has 8 heteroatoms. The van der Waals surface area contributed by atoms with Crippen LogP contribution >= 0.6 is 0 Å². The number of nitrogen functional groups attached to an aromatic ring is 1. The summed E-state index contributed by atoms with van der Waals surface area (Å²) in [5, 5.41) is 2.60. The van der Waals surface area contributed by atoms with Crippen LogP contribution in [0, 0.1) is 6.92 Å². The van der Waals surface area contributed by atoms with Gasteiger partial charge in [0.1, 0.15) is 12.1 Å². The van der Waals surface area contributed by atoms with Gasteiger partial charge in [0, 0.05) is 24.5 Å². The standard InChI is InChI=1S/C17H20N6O2/c1-11-6-13(9-21-15(11)18)22-16(24)17(25)23-5-3-2-4-14(23)12-7-19-10-20-8-12/h6-10,14H,2-5H2,1H3,(H2,18,21)(H,22,24)/t14-/m0/s1. The Labute approximate surface area is 145 Å². The van der Waals surface area contributed by atoms with Crippen LogP contribution in [0.5, 0.6) is 0 Å². The van der Waals surface area contributed by atoms with Crippen LogP contribution in [-0.4, -0.2) is 38.2 Å². The van der Waals surface area contributed by atoms with Crippen molar-refractivity contribution >= 4 is 23.3 Å². The first-order chi connectivity index (χ1) is 12.1. The summed E-state index contributed by atoms with van der Waals surface area (Å²) in [6.07, 6.45) is 8.91. The highest BCUT2D eigenvalue weighted by atomic mass is 16.2. The Hall–Kier alpha value is -3.03. The van der Waals surface area contributed by atoms with Gasteiger partial charge in [-0.3, -0.25) is 9.59 Å². The van der Waals surface area contributed by atoms with Crippen LogP contribution in [0.4, 0.5) is 11.5 Å². The van der Waals surface area contributed by atoms with Crippen molar-refractivity contribution in [3.05, 3.63) is 42.1 Å². The molecule has 2 amide bonds. The average molecular weight is 340 g/mol. The molecule has 3 N–H and O–H groups in total. The highest BCUT2D eigenvalue weighted by Crippen LogP contribution is 2.30. The number of likely N-dealkylation sites (tertiary alicyclic amines) is 1. The number of aryl methyl sites for hydroxylation is 1. The van der Waals surface area contributed by atoms with E-state index in [9.17, 15) is 9.59 Å². The predicted molar refractivity (Wildman–Crippen MR) is 92.4 cm³/mol. The van der Waals surface area contributed by atoms with Crippen molar-refractivity contribution in [2.24, 2.45) is 0 Å². The quantitative estimate of drug-likeness (QED) is 0.800. The summed E-state index contributed by atoms with van der Waals surface area (Å²) in [7, 11) is 0. The number of carbonyl (C=O) groups is 2. The molecule has 1 atom stereocenters. The lowest BCUT2D eigenvalue weighted by molar-refractivity contribution is -0.145. The lowest BCUT2D eigenvalue weighted by Crippen LogP contribution is -2.44. The van der Waals surface area contributed by atoms with Gasteiger partial charge >= 0.3 is 11.8 Å². The first-order valence-corrected chi connectivity index (χ1v) is 8.15. The summed E-state index contributed by atoms with van der Waals surface area (Å²) >= 11 is 0. The number of anilines is 2. The first-order valence-electron chi connectivity index (χ1n) is 8.15. The maximum atomic E-state index is 12.7. The fourth-order valence-corrected chi connectivity index (χ4v) is 2.97. The molecular weight excluding hydrogens is 320 g/mol. The van der Waals surface area contributed by atoms with Crippen molar-refractivity contribution in [3.8, 4) is 0 Å². The second-order valence-electron chi connectivity index (χ2n) is 6.06. The molecule has 0 spiro atoms. The van der Waals surface area contributed by atoms with Gasteiger partial charge < -0.3 is 16.0 Å². The van der Waals surface area contributed by atoms with Gasteiger partial charge in [-0.25, -0.2) is 15.0 Å². The maximum absolute atomic E-state index is 12.7. The number of nitrogens with one attached hydrogen (secondary N) is 1. The molecule has 3 heterocycles. The maximum Gasteiger partial charge on any atom is 0.313 e. The minimum absolute atomic E-state index is 0.181. The third-order valence-electron chi connectivity index (χ3n) is 4.30. The van der Waals surface area contributed by atoms with Crippen molar-refractivity contribution in [2.45, 2.75) is 32.2 Å². The van der Waals surface area contributed by atoms with E-state index in [-0.39, 0.29) is 6.04 Å². The molecule has 1 aliphatic heterocycles. The van der Waals surface area contributed by atoms with Gasteiger partial charge in [0.05, 0.1) is 17.9 Å². The molecule has 2 aromatic rings. The Balaban J connectivity index is 1.75. The molecule has 1 fully saturated rings. The van der Waals surface area contributed by atoms with Crippen LogP contribution in [-0.2, 0) is 9.59 Å². The number of hydrogen-bond donors (Lipinski definition) is 2. The summed E-state index contributed by atoms with van der Waals surface area (Å²) < 4.78 is 0. The number of pyridine rings is 1. The minimum atomic E-state index is -0.685. The van der Waals surface area contributed by atoms with E-state index < -0.39 is 11.8 Å². The zero-order valence-electron chi connectivity index (χ0n) is 14.0. The Morgan fingerprint density at radius 3 is 2.72 bits per heavy atom. The van der Waals surface area contributed by atoms with E-state index in [2.05, 4.69) is 20.3 Å². The molecule has 25 heavy (non-hydrogen) atoms. The van der Waals surface area contributed by atoms with E-state index in [1.807, 2.05) is 0 Å². The molecule has 3 rings (SSSR count). The topological polar surface area (TPSA) is 114 Å². The molecule has 0 aromatic carbocycles. The Bertz CT molecular complexity index is 780. The van der Waals surface area contributed by atoms with E-state index in [1.165, 1.54) is 12.5 Å². The van der Waals surface area contributed by atoms with E-state index in [4.69, 9.17) is 5.73 Å². The number of nitrogens with zero attached hydrogens (tertiary/aromatic N) is 4. The zero-order chi connectivity index (χ0) is 17.8. The Morgan fingerprint density at radius 2 is 2.00 bits per heavy atom. The molecule has 0 unspecified atom stereocenters. The number of amides is 2. The van der Waals surface area contributed by atoms with Crippen molar-refractivity contribution in [1.82, 2.24) is 19.9 Å². The highest BCUT2D eigenvalue weighted by Gasteiger charge is 2.32. The predicted octanol–water partition coefficient (Wildman–Crippen LogP) is 1.45. The van der Waals surface area contributed by atoms with Gasteiger partial charge in [0.2, 0.25) is 0 Å². The fraction of sp³-hybridized carbons (Fsp3) is 0.353. The molecule has 130 valence electrons. The largest absolute Gasteiger partial charge is 0.383 e. The van der Waals surface area contributed by atoms with Crippen LogP contribution in [0.2, 0.25) is 0 Å². The number of rotatable bonds is 2. The summed E-state index contributed by atoms with van der Waals surface area (Å²) in [5.74, 6) is -0.859. The summed E-state index contributed by atoms with van der Waals surface area (Å²) in [4.78, 5) is 38.7. The molecule has 0 aliphatic carbocycles. The molecule has 0 radical (unpaired) electrons. The van der Waals surface area contributed by atoms with Crippen LogP contribution in [0.25, 0.3) is 0 Å². The van der Waals surface area contributed by atoms with Gasteiger partial charge in [0.25, 0.3) is 0 Å². The number of nitrogens with two attached hydrogens (primary N) is 1. The van der Waals surface area contributed by atoms with Crippen LogP contribution in [0.15, 0.2) is 31.0 Å². The van der Waals surface area contributed by atoms with Crippen molar-refractivity contribution in [1.29, 1.82) is 0 Å². The first kappa shape index (κ1) is 16.8. The normalized spacial score (nSPS) is 17.2. The van der Waals surface area contributed by atoms with E-state index in [1.54, 1.807) is 30.3 Å². The summed E-state index contributed by atoms with van der Waals surface area (Å²) in [6, 6.07) is 1.51. The number of piperidine rings is 1. The van der Waals surface area contributed by atoms with Gasteiger partial charge in [-0.1, -0.05) is 0 Å². The fourth-order valence-electron chi connectivity index (χ4n) is 2.97. The molecule has 0 saturated carbocycles. The summed E-state index contributed by atoms with van der Waals surface area (Å²) in [6.45, 7) is 2.32. The molecule has 2 aromatic heterocycles. The summed E-state index contributed by atoms with van der Waals surface area (Å²) in [5.41, 5.74) is 7.69. The monoisotopic (exact) mass is 340 g/mol. The highest BCUT2D eigenvalue weighted by molar-refractivity contribution is 6.39. The minimum Gasteiger partial charge on any atom is -0.383 e. The Morgan fingerprint density at radius 1 is 1.24 bits per heavy atom. The smallest absolute Gasteiger partial charge is 0.313 e. The third kappa shape index (κ3) is 3.73. The number of hydrogen-bond acceptors (Lipinski definition) is 6. The van der Waals surface area contributed by atoms with Gasteiger partial charge in [-0.2, -0.15) is 0 Å². The lowest BCUT2D eigenvalue weighted by Gasteiger charge is -2.35. The van der Waals surface area contributed by atoms with Crippen LogP contribution in [0.1, 0.15) is 36.4 Å². The van der Waals surface area contributed by atoms with Gasteiger partial charge in [0.15, 0.2) is 0 Å². The molecule has 0 bridgehead atoms. The lowest BCUT2D eigenvalue weighted by atomic mass is 9.97. The molecule has 8 nitrogen and oxygen atoms in total. The number of carbonyl (C=O) groups excluding carboxylic acids is 2. The third-order valence-corrected chi connectivity index (χ3v) is 4.30. The number of aromatic nitrogens is 3. The zero-order valence-corrected chi connectivity index (χ0v) is 14.0. The second kappa shape index (κ2) is 7.25. The Kier molecular flexibility index (Phi) is 4.87. The van der Waals surface area contributed by atoms with Crippen molar-refractivity contribution in [3.63, 3.8) is 0 Å². The van der Waals surface area contributed by atoms with Gasteiger partial charge in [-0.05, 0) is 37.8 Å². The average Bonchev–Trinajstić information content (AvgIpc) is 2.65. The SMILES string of the molecule is Cc1cc(NC(=O)C(=O)N2CCCC[C@H]2c2cncnc2)cnc1N. The molecule has 1 aliphatic rings. The van der Waals surface area contributed by atoms with Crippen molar-refractivity contribution in [2.75, 3.05) is 17.6 Å². The molecular formula is C17H20N6O2. The van der Waals surface area contributed by atoms with Gasteiger partial charge in [-0.15, -0.1) is 0 Å². The van der Waals surface area contributed by atoms with Crippen molar-refractivity contribution < 1.29 is 9.59 Å². The van der Waals surface area contributed by atoms with Crippen LogP contribution < -0.4 is 11.1 Å². The van der Waals surface area contributed by atoms with E-state index >= 15 is 0 Å². The van der Waals surface area contributed by atoms with Crippen LogP contribution in [0.3, 0.4) is 0 Å². The molecule has 1 saturated heterocycles. The second-order valence-corrected chi connectivity index (χ2v) is 6.06. The van der Waals surface area contributed by atoms with E-state index in [0.29, 0.717) is 18.1 Å². The van der Waals surface area contributed by atoms with E-state index in [0.717, 1.165) is 30.4 Å².